The fourth-order valence-corrected chi connectivity index (χ4v) is 1.48. The fraction of sp³-hybridized carbons (Fsp3) is 0. The SMILES string of the molecule is O=Cc1c(F)cc(Br)cc1Cl. The van der Waals surface area contributed by atoms with Crippen LogP contribution in [0, 0.1) is 5.82 Å². The van der Waals surface area contributed by atoms with Crippen molar-refractivity contribution in [2.45, 2.75) is 0 Å². The largest absolute Gasteiger partial charge is 0.298 e. The zero-order chi connectivity index (χ0) is 8.43. The molecule has 0 aliphatic rings. The Morgan fingerprint density at radius 3 is 2.64 bits per heavy atom. The summed E-state index contributed by atoms with van der Waals surface area (Å²) in [5, 5.41) is 0.117. The summed E-state index contributed by atoms with van der Waals surface area (Å²) >= 11 is 8.57. The summed E-state index contributed by atoms with van der Waals surface area (Å²) in [4.78, 5) is 10.2. The summed E-state index contributed by atoms with van der Waals surface area (Å²) < 4.78 is 13.3. The van der Waals surface area contributed by atoms with Gasteiger partial charge in [-0.1, -0.05) is 27.5 Å². The maximum Gasteiger partial charge on any atom is 0.154 e. The maximum atomic E-state index is 12.8. The molecule has 0 bridgehead atoms. The van der Waals surface area contributed by atoms with E-state index in [4.69, 9.17) is 11.6 Å². The Bertz CT molecular complexity index is 277. The molecule has 0 radical (unpaired) electrons. The van der Waals surface area contributed by atoms with Gasteiger partial charge in [-0.05, 0) is 12.1 Å². The second-order valence-electron chi connectivity index (χ2n) is 1.90. The van der Waals surface area contributed by atoms with E-state index in [9.17, 15) is 9.18 Å². The van der Waals surface area contributed by atoms with Crippen molar-refractivity contribution in [3.8, 4) is 0 Å². The Labute approximate surface area is 76.3 Å². The maximum absolute atomic E-state index is 12.8. The van der Waals surface area contributed by atoms with Crippen molar-refractivity contribution in [1.29, 1.82) is 0 Å². The summed E-state index contributed by atoms with van der Waals surface area (Å²) in [5.74, 6) is -0.612. The lowest BCUT2D eigenvalue weighted by atomic mass is 10.2. The first-order chi connectivity index (χ1) is 5.15. The molecule has 0 amide bonds. The highest BCUT2D eigenvalue weighted by Gasteiger charge is 2.06. The van der Waals surface area contributed by atoms with E-state index in [0.29, 0.717) is 10.8 Å². The van der Waals surface area contributed by atoms with Crippen molar-refractivity contribution in [3.05, 3.63) is 33.0 Å². The summed E-state index contributed by atoms with van der Waals surface area (Å²) in [6, 6.07) is 2.66. The predicted molar refractivity (Wildman–Crippen MR) is 44.5 cm³/mol. The quantitative estimate of drug-likeness (QED) is 0.686. The molecule has 0 saturated heterocycles. The molecule has 0 unspecified atom stereocenters. The number of aldehydes is 1. The molecule has 0 aromatic heterocycles. The van der Waals surface area contributed by atoms with Crippen LogP contribution >= 0.6 is 27.5 Å². The molecular formula is C7H3BrClFO. The lowest BCUT2D eigenvalue weighted by molar-refractivity contribution is 0.112. The van der Waals surface area contributed by atoms with E-state index in [-0.39, 0.29) is 10.6 Å². The number of hydrogen-bond donors (Lipinski definition) is 0. The van der Waals surface area contributed by atoms with Crippen molar-refractivity contribution < 1.29 is 9.18 Å². The lowest BCUT2D eigenvalue weighted by Gasteiger charge is -1.97. The topological polar surface area (TPSA) is 17.1 Å². The van der Waals surface area contributed by atoms with Gasteiger partial charge < -0.3 is 0 Å². The molecule has 0 saturated carbocycles. The van der Waals surface area contributed by atoms with Gasteiger partial charge >= 0.3 is 0 Å². The average molecular weight is 237 g/mol. The molecule has 0 fully saturated rings. The van der Waals surface area contributed by atoms with Gasteiger partial charge in [-0.15, -0.1) is 0 Å². The van der Waals surface area contributed by atoms with E-state index < -0.39 is 5.82 Å². The number of rotatable bonds is 1. The Balaban J connectivity index is 3.36. The summed E-state index contributed by atoms with van der Waals surface area (Å²) in [6.07, 6.45) is 0.393. The Morgan fingerprint density at radius 2 is 2.18 bits per heavy atom. The van der Waals surface area contributed by atoms with E-state index in [1.807, 2.05) is 0 Å². The van der Waals surface area contributed by atoms with E-state index in [0.717, 1.165) is 0 Å². The minimum atomic E-state index is -0.612. The van der Waals surface area contributed by atoms with Gasteiger partial charge in [0.25, 0.3) is 0 Å². The highest BCUT2D eigenvalue weighted by molar-refractivity contribution is 9.10. The van der Waals surface area contributed by atoms with Crippen molar-refractivity contribution in [1.82, 2.24) is 0 Å². The molecule has 0 aliphatic heterocycles. The van der Waals surface area contributed by atoms with E-state index in [1.165, 1.54) is 12.1 Å². The number of hydrogen-bond acceptors (Lipinski definition) is 1. The van der Waals surface area contributed by atoms with Gasteiger partial charge in [0.1, 0.15) is 5.82 Å². The van der Waals surface area contributed by atoms with Gasteiger partial charge in [-0.2, -0.15) is 0 Å². The van der Waals surface area contributed by atoms with Crippen LogP contribution in [0.15, 0.2) is 16.6 Å². The van der Waals surface area contributed by atoms with Crippen LogP contribution in [-0.2, 0) is 0 Å². The van der Waals surface area contributed by atoms with Crippen LogP contribution in [0.4, 0.5) is 4.39 Å². The average Bonchev–Trinajstić information content (AvgIpc) is 1.85. The normalized spacial score (nSPS) is 9.73. The number of benzene rings is 1. The number of halogens is 3. The zero-order valence-corrected chi connectivity index (χ0v) is 7.62. The first-order valence-corrected chi connectivity index (χ1v) is 3.92. The van der Waals surface area contributed by atoms with Crippen LogP contribution in [-0.4, -0.2) is 6.29 Å². The minimum absolute atomic E-state index is 0.102. The van der Waals surface area contributed by atoms with Crippen molar-refractivity contribution in [3.63, 3.8) is 0 Å². The smallest absolute Gasteiger partial charge is 0.154 e. The molecule has 1 nitrogen and oxygen atoms in total. The molecule has 58 valence electrons. The molecule has 1 rings (SSSR count). The molecule has 1 aromatic rings. The van der Waals surface area contributed by atoms with Crippen molar-refractivity contribution >= 4 is 33.8 Å². The highest BCUT2D eigenvalue weighted by Crippen LogP contribution is 2.22. The molecular weight excluding hydrogens is 234 g/mol. The lowest BCUT2D eigenvalue weighted by Crippen LogP contribution is -1.88. The van der Waals surface area contributed by atoms with Gasteiger partial charge in [0.05, 0.1) is 10.6 Å². The molecule has 0 N–H and O–H groups in total. The van der Waals surface area contributed by atoms with E-state index >= 15 is 0 Å². The minimum Gasteiger partial charge on any atom is -0.298 e. The molecule has 0 aliphatic carbocycles. The standard InChI is InChI=1S/C7H3BrClFO/c8-4-1-6(9)5(3-11)7(10)2-4/h1-3H. The van der Waals surface area contributed by atoms with E-state index in [2.05, 4.69) is 15.9 Å². The molecule has 1 aromatic carbocycles. The van der Waals surface area contributed by atoms with Crippen LogP contribution < -0.4 is 0 Å². The van der Waals surface area contributed by atoms with Gasteiger partial charge in [0.2, 0.25) is 0 Å². The highest BCUT2D eigenvalue weighted by atomic mass is 79.9. The molecule has 4 heteroatoms. The predicted octanol–water partition coefficient (Wildman–Crippen LogP) is 3.05. The number of carbonyl (C=O) groups is 1. The third kappa shape index (κ3) is 1.79. The van der Waals surface area contributed by atoms with Crippen molar-refractivity contribution in [2.24, 2.45) is 0 Å². The van der Waals surface area contributed by atoms with Crippen molar-refractivity contribution in [2.75, 3.05) is 0 Å². The first kappa shape index (κ1) is 8.68. The zero-order valence-electron chi connectivity index (χ0n) is 5.27. The third-order valence-electron chi connectivity index (χ3n) is 1.16. The Hall–Kier alpha value is -0.410. The summed E-state index contributed by atoms with van der Waals surface area (Å²) in [5.41, 5.74) is -0.102. The molecule has 11 heavy (non-hydrogen) atoms. The Morgan fingerprint density at radius 1 is 1.55 bits per heavy atom. The third-order valence-corrected chi connectivity index (χ3v) is 1.93. The number of carbonyl (C=O) groups excluding carboxylic acids is 1. The summed E-state index contributed by atoms with van der Waals surface area (Å²) in [7, 11) is 0. The van der Waals surface area contributed by atoms with Gasteiger partial charge in [-0.25, -0.2) is 4.39 Å². The Kier molecular flexibility index (Phi) is 2.62. The summed E-state index contributed by atoms with van der Waals surface area (Å²) in [6.45, 7) is 0. The van der Waals surface area contributed by atoms with Crippen LogP contribution in [0.25, 0.3) is 0 Å². The second-order valence-corrected chi connectivity index (χ2v) is 3.22. The van der Waals surface area contributed by atoms with Crippen LogP contribution in [0.1, 0.15) is 10.4 Å². The fourth-order valence-electron chi connectivity index (χ4n) is 0.666. The monoisotopic (exact) mass is 236 g/mol. The van der Waals surface area contributed by atoms with Crippen LogP contribution in [0.5, 0.6) is 0 Å². The molecule has 0 spiro atoms. The molecule has 0 heterocycles. The molecule has 0 atom stereocenters. The van der Waals surface area contributed by atoms with Gasteiger partial charge in [-0.3, -0.25) is 4.79 Å². The van der Waals surface area contributed by atoms with E-state index in [1.54, 1.807) is 0 Å². The van der Waals surface area contributed by atoms with Crippen LogP contribution in [0.3, 0.4) is 0 Å². The first-order valence-electron chi connectivity index (χ1n) is 2.75. The van der Waals surface area contributed by atoms with Crippen LogP contribution in [0.2, 0.25) is 5.02 Å². The van der Waals surface area contributed by atoms with Gasteiger partial charge in [0.15, 0.2) is 6.29 Å². The van der Waals surface area contributed by atoms with Gasteiger partial charge in [0, 0.05) is 4.47 Å². The second kappa shape index (κ2) is 3.32.